The van der Waals surface area contributed by atoms with Crippen LogP contribution in [0.4, 0.5) is 17.6 Å². The number of H-pyrrole nitrogens is 1. The van der Waals surface area contributed by atoms with Crippen LogP contribution in [-0.2, 0) is 0 Å². The molecular formula is C103H63F4N8NaO4. The molecule has 0 saturated heterocycles. The van der Waals surface area contributed by atoms with E-state index in [0.29, 0.717) is 50.5 Å². The molecule has 0 bridgehead atoms. The van der Waals surface area contributed by atoms with Crippen molar-refractivity contribution in [3.63, 3.8) is 0 Å². The summed E-state index contributed by atoms with van der Waals surface area (Å²) in [5.41, 5.74) is 14.9. The number of halogens is 4. The third-order valence-electron chi connectivity index (χ3n) is 22.5. The van der Waals surface area contributed by atoms with E-state index in [1.807, 2.05) is 146 Å². The van der Waals surface area contributed by atoms with Crippen molar-refractivity contribution in [2.24, 2.45) is 0 Å². The van der Waals surface area contributed by atoms with Gasteiger partial charge in [-0.05, 0) is 83.9 Å². The quantitative estimate of drug-likeness (QED) is 0.100. The van der Waals surface area contributed by atoms with Crippen molar-refractivity contribution in [3.8, 4) is 63.6 Å². The molecule has 0 amide bonds. The average molecular weight is 1580 g/mol. The van der Waals surface area contributed by atoms with Crippen molar-refractivity contribution in [3.05, 3.63) is 343 Å². The Kier molecular flexibility index (Phi) is 18.7. The molecule has 0 fully saturated rings. The Morgan fingerprint density at radius 2 is 0.600 bits per heavy atom. The Morgan fingerprint density at radius 1 is 0.300 bits per heavy atom. The molecule has 16 aromatic carbocycles. The second-order valence-electron chi connectivity index (χ2n) is 28.4. The van der Waals surface area contributed by atoms with Crippen molar-refractivity contribution < 1.29 is 67.6 Å². The first-order valence-corrected chi connectivity index (χ1v) is 37.5. The van der Waals surface area contributed by atoms with Gasteiger partial charge in [0.15, 0.2) is 39.8 Å². The summed E-state index contributed by atoms with van der Waals surface area (Å²) in [6.07, 6.45) is 0. The molecule has 0 aliphatic rings. The summed E-state index contributed by atoms with van der Waals surface area (Å²) < 4.78 is 90.3. The standard InChI is InChI=1S/C68H35N5O3.C18H11NO.C14H5F3N2.CH3F.2CH4.Na.H/c69-36-51-59(38-16-2-1-3-17-38)60(71-53-24-10-4-18-39(53)45-30-33-48-42-21-7-13-27-56(42)74-66(48)63(45)71)52(37-70)62(73-55-26-12-6-20-41(55)47-32-35-50-44-23-9-15-29-58(44)76-68(50)65(47)73)61(51)72-54-25-11-5-19-40(54)46-31-34-49-43-22-8-14-28-57(43)75-67(49)64(46)72;1-3-7-15-11(5-1)13-9-10-14-12-6-2-4-8-16(12)20-18(14)17(13)19-15;15-12-10(7-19)14(17)13(16)9(6-18)11(12)8-4-2-1-3-5-8;1-2;;;;/h1-35H;1-10,19H;1-5H;1H3;2*1H4;;/q;;;;;;+1;-1/i;;;1D;;;;. The molecule has 17 heteroatoms. The molecule has 0 atom stereocenters. The molecule has 0 aliphatic carbocycles. The molecule has 12 nitrogen and oxygen atoms in total. The zero-order valence-electron chi connectivity index (χ0n) is 64.3. The molecule has 24 rings (SSSR count). The van der Waals surface area contributed by atoms with Gasteiger partial charge >= 0.3 is 29.6 Å². The van der Waals surface area contributed by atoms with Gasteiger partial charge < -0.3 is 37.8 Å². The maximum atomic E-state index is 14.1. The second-order valence-corrected chi connectivity index (χ2v) is 28.4. The molecule has 120 heavy (non-hydrogen) atoms. The van der Waals surface area contributed by atoms with E-state index in [0.717, 1.165) is 142 Å². The van der Waals surface area contributed by atoms with E-state index in [1.54, 1.807) is 18.2 Å². The fourth-order valence-electron chi connectivity index (χ4n) is 17.7. The summed E-state index contributed by atoms with van der Waals surface area (Å²) in [5, 5.41) is 59.2. The van der Waals surface area contributed by atoms with Crippen LogP contribution in [0, 0.1) is 62.8 Å². The van der Waals surface area contributed by atoms with Gasteiger partial charge in [-0.15, -0.1) is 0 Å². The van der Waals surface area contributed by atoms with E-state index >= 15 is 0 Å². The molecule has 8 aromatic heterocycles. The summed E-state index contributed by atoms with van der Waals surface area (Å²) in [6.45, 7) is 0. The van der Waals surface area contributed by atoms with Gasteiger partial charge in [0, 0.05) is 103 Å². The minimum absolute atomic E-state index is 0. The Morgan fingerprint density at radius 3 is 1.01 bits per heavy atom. The Labute approximate surface area is 706 Å². The number of rotatable bonds is 5. The molecule has 0 saturated carbocycles. The van der Waals surface area contributed by atoms with Gasteiger partial charge in [-0.25, -0.2) is 13.2 Å². The summed E-state index contributed by atoms with van der Waals surface area (Å²) in [7, 11) is -1.00. The van der Waals surface area contributed by atoms with E-state index in [9.17, 15) is 28.1 Å². The SMILES string of the molecule is C.C.N#Cc1c(-c2ccccc2)c(-n2c3ccccc3c3ccc4c5ccccc5oc4c32)c(C#N)c(-n2c3ccccc3c3ccc4c5ccccc5oc4c32)c1-n1c2ccccc2c2ccc3c4ccccc4oc3c21.N#Cc1c(F)c(F)c(C#N)c(-c2ccccc2)c1F.[2H]CF.[H-].[Na+].c1ccc2c(c1)[nH]c1c2ccc2c3ccccc3oc21. The molecule has 24 aromatic rings. The minimum atomic E-state index is -1.64. The Bertz CT molecular complexity index is 8500. The average Bonchev–Trinajstić information content (AvgIpc) is 1.51. The van der Waals surface area contributed by atoms with E-state index < -0.39 is 41.3 Å². The molecule has 0 radical (unpaired) electrons. The fourth-order valence-corrected chi connectivity index (χ4v) is 17.7. The van der Waals surface area contributed by atoms with Crippen molar-refractivity contribution in [1.29, 1.82) is 21.0 Å². The minimum Gasteiger partial charge on any atom is -1.00 e. The molecule has 0 unspecified atom stereocenters. The monoisotopic (exact) mass is 1580 g/mol. The van der Waals surface area contributed by atoms with Crippen LogP contribution < -0.4 is 29.6 Å². The van der Waals surface area contributed by atoms with Crippen LogP contribution >= 0.6 is 0 Å². The van der Waals surface area contributed by atoms with Gasteiger partial charge in [0.05, 0.1) is 69.8 Å². The maximum Gasteiger partial charge on any atom is 1.00 e. The van der Waals surface area contributed by atoms with Gasteiger partial charge in [0.25, 0.3) is 0 Å². The topological polar surface area (TPSA) is 178 Å². The van der Waals surface area contributed by atoms with Crippen molar-refractivity contribution >= 4 is 175 Å². The Balaban J connectivity index is 0.000000188. The first-order chi connectivity index (χ1) is 58.1. The number of aromatic amines is 1. The first-order valence-electron chi connectivity index (χ1n) is 38.2. The zero-order chi connectivity index (χ0) is 79.7. The number of nitrogens with zero attached hydrogens (tertiary/aromatic N) is 7. The number of furan rings is 4. The molecule has 0 spiro atoms. The van der Waals surface area contributed by atoms with Gasteiger partial charge in [0.2, 0.25) is 0 Å². The van der Waals surface area contributed by atoms with Gasteiger partial charge in [-0.1, -0.05) is 245 Å². The first kappa shape index (κ1) is 74.7. The van der Waals surface area contributed by atoms with Crippen LogP contribution in [0.5, 0.6) is 0 Å². The van der Waals surface area contributed by atoms with Crippen LogP contribution in [0.2, 0.25) is 0 Å². The molecule has 8 heterocycles. The zero-order valence-corrected chi connectivity index (χ0v) is 64.3. The van der Waals surface area contributed by atoms with Crippen LogP contribution in [0.15, 0.2) is 321 Å². The normalized spacial score (nSPS) is 11.4. The maximum absolute atomic E-state index is 14.1. The fraction of sp³-hybridized carbons (Fsp3) is 0.0291. The largest absolute Gasteiger partial charge is 1.00 e. The van der Waals surface area contributed by atoms with Crippen LogP contribution in [0.3, 0.4) is 0 Å². The summed E-state index contributed by atoms with van der Waals surface area (Å²) in [6, 6.07) is 109. The third kappa shape index (κ3) is 11.1. The summed E-state index contributed by atoms with van der Waals surface area (Å²) >= 11 is 0. The number of hydrogen-bond acceptors (Lipinski definition) is 8. The van der Waals surface area contributed by atoms with Crippen LogP contribution in [0.1, 0.15) is 39.9 Å². The van der Waals surface area contributed by atoms with E-state index in [2.05, 4.69) is 158 Å². The number of para-hydroxylation sites is 8. The Hall–Kier alpha value is -15.4. The van der Waals surface area contributed by atoms with Gasteiger partial charge in [0.1, 0.15) is 63.3 Å². The molecule has 568 valence electrons. The van der Waals surface area contributed by atoms with Crippen molar-refractivity contribution in [2.75, 3.05) is 7.15 Å². The number of nitrogens with one attached hydrogen (secondary N) is 1. The van der Waals surface area contributed by atoms with E-state index in [1.165, 1.54) is 45.8 Å². The number of benzene rings is 16. The van der Waals surface area contributed by atoms with Crippen molar-refractivity contribution in [1.82, 2.24) is 18.7 Å². The van der Waals surface area contributed by atoms with Crippen LogP contribution in [-0.4, -0.2) is 25.8 Å². The predicted octanol–water partition coefficient (Wildman–Crippen LogP) is 25.8. The number of hydrogen-bond donors (Lipinski definition) is 1. The predicted molar refractivity (Wildman–Crippen MR) is 472 cm³/mol. The van der Waals surface area contributed by atoms with Crippen molar-refractivity contribution in [2.45, 2.75) is 14.9 Å². The number of alkyl halides is 1. The second kappa shape index (κ2) is 30.0. The van der Waals surface area contributed by atoms with E-state index in [-0.39, 0.29) is 51.4 Å². The summed E-state index contributed by atoms with van der Waals surface area (Å²) in [4.78, 5) is 3.49. The third-order valence-corrected chi connectivity index (χ3v) is 22.5. The van der Waals surface area contributed by atoms with E-state index in [4.69, 9.17) is 29.6 Å². The molecule has 0 aliphatic heterocycles. The summed E-state index contributed by atoms with van der Waals surface area (Å²) in [5.74, 6) is -4.39. The molecule has 1 N–H and O–H groups in total. The smallest absolute Gasteiger partial charge is 1.00 e. The van der Waals surface area contributed by atoms with Gasteiger partial charge in [-0.3, -0.25) is 4.39 Å². The van der Waals surface area contributed by atoms with Gasteiger partial charge in [-0.2, -0.15) is 21.0 Å². The number of fused-ring (bicyclic) bond motifs is 28. The number of aromatic nitrogens is 4. The number of nitriles is 4. The van der Waals surface area contributed by atoms with Crippen LogP contribution in [0.25, 0.3) is 214 Å². The molecular weight excluding hydrogens is 1510 g/mol.